The van der Waals surface area contributed by atoms with E-state index in [0.29, 0.717) is 13.2 Å². The van der Waals surface area contributed by atoms with Crippen molar-refractivity contribution < 1.29 is 9.53 Å². The SMILES string of the molecule is O=C(NC1COCC1n1nc2c(cc1=O)CCCC2)C1(c2ccccc2)CC1. The number of ether oxygens (including phenoxy) is 1. The maximum absolute atomic E-state index is 13.1. The van der Waals surface area contributed by atoms with Crippen LogP contribution in [0.1, 0.15) is 48.5 Å². The predicted octanol–water partition coefficient (Wildman–Crippen LogP) is 1.91. The molecule has 1 saturated heterocycles. The molecule has 28 heavy (non-hydrogen) atoms. The van der Waals surface area contributed by atoms with E-state index in [-0.39, 0.29) is 23.6 Å². The highest BCUT2D eigenvalue weighted by Gasteiger charge is 2.52. The molecule has 6 heteroatoms. The minimum Gasteiger partial charge on any atom is -0.377 e. The summed E-state index contributed by atoms with van der Waals surface area (Å²) < 4.78 is 7.19. The van der Waals surface area contributed by atoms with Gasteiger partial charge in [0, 0.05) is 6.07 Å². The van der Waals surface area contributed by atoms with E-state index in [1.54, 1.807) is 10.7 Å². The summed E-state index contributed by atoms with van der Waals surface area (Å²) in [6.07, 6.45) is 5.79. The molecule has 2 aliphatic carbocycles. The lowest BCUT2D eigenvalue weighted by Crippen LogP contribution is -2.47. The van der Waals surface area contributed by atoms with Crippen LogP contribution >= 0.6 is 0 Å². The summed E-state index contributed by atoms with van der Waals surface area (Å²) in [7, 11) is 0. The molecule has 0 radical (unpaired) electrons. The first kappa shape index (κ1) is 17.6. The van der Waals surface area contributed by atoms with Gasteiger partial charge in [0.1, 0.15) is 6.04 Å². The lowest BCUT2D eigenvalue weighted by atomic mass is 9.94. The lowest BCUT2D eigenvalue weighted by Gasteiger charge is -2.25. The average Bonchev–Trinajstić information content (AvgIpc) is 3.42. The molecular formula is C22H25N3O3. The number of nitrogens with zero attached hydrogens (tertiary/aromatic N) is 2. The Morgan fingerprint density at radius 2 is 1.93 bits per heavy atom. The molecule has 3 aliphatic rings. The number of hydrogen-bond acceptors (Lipinski definition) is 4. The van der Waals surface area contributed by atoms with Gasteiger partial charge in [0.05, 0.1) is 30.4 Å². The van der Waals surface area contributed by atoms with Gasteiger partial charge in [-0.15, -0.1) is 0 Å². The maximum atomic E-state index is 13.1. The molecule has 1 aromatic carbocycles. The van der Waals surface area contributed by atoms with Crippen molar-refractivity contribution in [3.8, 4) is 0 Å². The Bertz CT molecular complexity index is 949. The number of fused-ring (bicyclic) bond motifs is 1. The molecular weight excluding hydrogens is 354 g/mol. The van der Waals surface area contributed by atoms with Crippen molar-refractivity contribution >= 4 is 5.91 Å². The molecule has 1 aromatic heterocycles. The Labute approximate surface area is 163 Å². The van der Waals surface area contributed by atoms with Crippen LogP contribution in [-0.2, 0) is 27.8 Å². The van der Waals surface area contributed by atoms with E-state index in [9.17, 15) is 9.59 Å². The van der Waals surface area contributed by atoms with E-state index in [2.05, 4.69) is 10.4 Å². The summed E-state index contributed by atoms with van der Waals surface area (Å²) >= 11 is 0. The summed E-state index contributed by atoms with van der Waals surface area (Å²) in [6, 6.07) is 11.2. The van der Waals surface area contributed by atoms with Crippen molar-refractivity contribution in [2.45, 2.75) is 56.0 Å². The number of carbonyl (C=O) groups is 1. The summed E-state index contributed by atoms with van der Waals surface area (Å²) in [5.74, 6) is 0.0326. The van der Waals surface area contributed by atoms with Crippen molar-refractivity contribution in [3.63, 3.8) is 0 Å². The lowest BCUT2D eigenvalue weighted by molar-refractivity contribution is -0.124. The number of nitrogens with one attached hydrogen (secondary N) is 1. The van der Waals surface area contributed by atoms with Gasteiger partial charge in [-0.2, -0.15) is 5.10 Å². The van der Waals surface area contributed by atoms with Gasteiger partial charge in [0.25, 0.3) is 5.56 Å². The molecule has 1 N–H and O–H groups in total. The molecule has 0 spiro atoms. The second-order valence-corrected chi connectivity index (χ2v) is 8.24. The van der Waals surface area contributed by atoms with Crippen LogP contribution in [0.4, 0.5) is 0 Å². The van der Waals surface area contributed by atoms with E-state index in [1.807, 2.05) is 30.3 Å². The van der Waals surface area contributed by atoms with E-state index < -0.39 is 5.41 Å². The molecule has 2 atom stereocenters. The minimum atomic E-state index is -0.428. The Hall–Kier alpha value is -2.47. The number of benzene rings is 1. The van der Waals surface area contributed by atoms with Crippen molar-refractivity contribution in [3.05, 3.63) is 63.6 Å². The van der Waals surface area contributed by atoms with Crippen molar-refractivity contribution in [2.24, 2.45) is 0 Å². The van der Waals surface area contributed by atoms with E-state index in [4.69, 9.17) is 4.74 Å². The van der Waals surface area contributed by atoms with Crippen molar-refractivity contribution in [1.29, 1.82) is 0 Å². The fourth-order valence-corrected chi connectivity index (χ4v) is 4.57. The van der Waals surface area contributed by atoms with Crippen LogP contribution in [-0.4, -0.2) is 34.9 Å². The highest BCUT2D eigenvalue weighted by atomic mass is 16.5. The van der Waals surface area contributed by atoms with Gasteiger partial charge in [0.2, 0.25) is 5.91 Å². The van der Waals surface area contributed by atoms with E-state index >= 15 is 0 Å². The zero-order valence-corrected chi connectivity index (χ0v) is 15.9. The Morgan fingerprint density at radius 3 is 2.71 bits per heavy atom. The summed E-state index contributed by atoms with van der Waals surface area (Å²) in [5.41, 5.74) is 2.63. The zero-order chi connectivity index (χ0) is 19.1. The molecule has 0 bridgehead atoms. The third kappa shape index (κ3) is 2.96. The van der Waals surface area contributed by atoms with Crippen LogP contribution in [0, 0.1) is 0 Å². The normalized spacial score (nSPS) is 25.1. The van der Waals surface area contributed by atoms with Crippen molar-refractivity contribution in [2.75, 3.05) is 13.2 Å². The molecule has 2 aromatic rings. The molecule has 2 heterocycles. The van der Waals surface area contributed by atoms with E-state index in [0.717, 1.165) is 55.3 Å². The van der Waals surface area contributed by atoms with Gasteiger partial charge in [0.15, 0.2) is 0 Å². The van der Waals surface area contributed by atoms with Gasteiger partial charge in [-0.05, 0) is 49.7 Å². The van der Waals surface area contributed by atoms with Crippen LogP contribution < -0.4 is 10.9 Å². The van der Waals surface area contributed by atoms with Crippen LogP contribution in [0.3, 0.4) is 0 Å². The summed E-state index contributed by atoms with van der Waals surface area (Å²) in [5, 5.41) is 7.83. The maximum Gasteiger partial charge on any atom is 0.267 e. The Kier molecular flexibility index (Phi) is 4.31. The molecule has 146 valence electrons. The van der Waals surface area contributed by atoms with Crippen molar-refractivity contribution in [1.82, 2.24) is 15.1 Å². The largest absolute Gasteiger partial charge is 0.377 e. The number of rotatable bonds is 4. The first-order valence-corrected chi connectivity index (χ1v) is 10.2. The highest BCUT2D eigenvalue weighted by Crippen LogP contribution is 2.48. The predicted molar refractivity (Wildman–Crippen MR) is 104 cm³/mol. The Morgan fingerprint density at radius 1 is 1.14 bits per heavy atom. The van der Waals surface area contributed by atoms with Gasteiger partial charge >= 0.3 is 0 Å². The monoisotopic (exact) mass is 379 g/mol. The fraction of sp³-hybridized carbons (Fsp3) is 0.500. The summed E-state index contributed by atoms with van der Waals surface area (Å²) in [6.45, 7) is 0.807. The Balaban J connectivity index is 1.38. The van der Waals surface area contributed by atoms with Gasteiger partial charge in [-0.25, -0.2) is 4.68 Å². The number of aryl methyl sites for hydroxylation is 2. The van der Waals surface area contributed by atoms with Gasteiger partial charge in [-0.3, -0.25) is 9.59 Å². The smallest absolute Gasteiger partial charge is 0.267 e. The van der Waals surface area contributed by atoms with Crippen LogP contribution in [0.2, 0.25) is 0 Å². The van der Waals surface area contributed by atoms with Gasteiger partial charge < -0.3 is 10.1 Å². The highest BCUT2D eigenvalue weighted by molar-refractivity contribution is 5.91. The van der Waals surface area contributed by atoms with Gasteiger partial charge in [-0.1, -0.05) is 30.3 Å². The molecule has 2 fully saturated rings. The molecule has 6 nitrogen and oxygen atoms in total. The molecule has 1 amide bonds. The number of carbonyl (C=O) groups excluding carboxylic acids is 1. The van der Waals surface area contributed by atoms with Crippen LogP contribution in [0.15, 0.2) is 41.2 Å². The quantitative estimate of drug-likeness (QED) is 0.881. The zero-order valence-electron chi connectivity index (χ0n) is 15.9. The molecule has 1 saturated carbocycles. The summed E-state index contributed by atoms with van der Waals surface area (Å²) in [4.78, 5) is 25.8. The molecule has 1 aliphatic heterocycles. The molecule has 2 unspecified atom stereocenters. The second-order valence-electron chi connectivity index (χ2n) is 8.24. The number of amides is 1. The first-order valence-electron chi connectivity index (χ1n) is 10.2. The minimum absolute atomic E-state index is 0.0326. The standard InChI is InChI=1S/C22H25N3O3/c26-20-12-15-6-4-5-9-17(15)24-25(20)19-14-28-13-18(19)23-21(27)22(10-11-22)16-7-2-1-3-8-16/h1-3,7-8,12,18-19H,4-6,9-11,13-14H2,(H,23,27). The van der Waals surface area contributed by atoms with Crippen LogP contribution in [0.5, 0.6) is 0 Å². The van der Waals surface area contributed by atoms with E-state index in [1.165, 1.54) is 0 Å². The third-order valence-electron chi connectivity index (χ3n) is 6.42. The second kappa shape index (κ2) is 6.85. The third-order valence-corrected chi connectivity index (χ3v) is 6.42. The first-order chi connectivity index (χ1) is 13.7. The number of hydrogen-bond donors (Lipinski definition) is 1. The average molecular weight is 379 g/mol. The fourth-order valence-electron chi connectivity index (χ4n) is 4.57. The van der Waals surface area contributed by atoms with Crippen LogP contribution in [0.25, 0.3) is 0 Å². The molecule has 5 rings (SSSR count). The topological polar surface area (TPSA) is 73.2 Å². The number of aromatic nitrogens is 2.